The Balaban J connectivity index is 0.000000253. The zero-order valence-corrected chi connectivity index (χ0v) is 9.98. The number of rotatable bonds is 0. The molecule has 0 saturated carbocycles. The quantitative estimate of drug-likeness (QED) is 0.389. The summed E-state index contributed by atoms with van der Waals surface area (Å²) in [5.74, 6) is 0.134. The first-order valence-corrected chi connectivity index (χ1v) is 4.61. The van der Waals surface area contributed by atoms with E-state index >= 15 is 0 Å². The maximum atomic E-state index is 10.5. The Morgan fingerprint density at radius 3 is 2.07 bits per heavy atom. The summed E-state index contributed by atoms with van der Waals surface area (Å²) in [6.45, 7) is 3.65. The smallest absolute Gasteiger partial charge is 0.875 e. The average Bonchev–Trinajstić information content (AvgIpc) is 2.75. The van der Waals surface area contributed by atoms with Gasteiger partial charge in [0.05, 0.1) is 0 Å². The third-order valence-corrected chi connectivity index (χ3v) is 1.90. The van der Waals surface area contributed by atoms with E-state index in [4.69, 9.17) is 0 Å². The number of aryl methyl sites for hydroxylation is 1. The van der Waals surface area contributed by atoms with Crippen LogP contribution in [0.2, 0.25) is 0 Å². The van der Waals surface area contributed by atoms with Gasteiger partial charge in [-0.25, -0.2) is 12.1 Å². The van der Waals surface area contributed by atoms with Gasteiger partial charge in [-0.05, 0) is 5.57 Å². The molecular formula is C13H14FeO. The van der Waals surface area contributed by atoms with Crippen molar-refractivity contribution in [3.05, 3.63) is 65.5 Å². The molecule has 15 heavy (non-hydrogen) atoms. The van der Waals surface area contributed by atoms with Crippen LogP contribution < -0.4 is 5.11 Å². The molecule has 2 rings (SSSR count). The molecule has 0 atom stereocenters. The van der Waals surface area contributed by atoms with E-state index in [9.17, 15) is 5.11 Å². The zero-order valence-electron chi connectivity index (χ0n) is 8.88. The molecule has 0 unspecified atom stereocenters. The van der Waals surface area contributed by atoms with Crippen LogP contribution in [0.1, 0.15) is 12.5 Å². The van der Waals surface area contributed by atoms with Crippen molar-refractivity contribution in [3.8, 4) is 0 Å². The van der Waals surface area contributed by atoms with Crippen LogP contribution in [0.3, 0.4) is 0 Å². The summed E-state index contributed by atoms with van der Waals surface area (Å²) in [5, 5.41) is 10.5. The zero-order chi connectivity index (χ0) is 10.4. The van der Waals surface area contributed by atoms with Crippen molar-refractivity contribution >= 4 is 0 Å². The summed E-state index contributed by atoms with van der Waals surface area (Å²) in [6.07, 6.45) is 7.33. The van der Waals surface area contributed by atoms with Gasteiger partial charge in [-0.1, -0.05) is 38.2 Å². The number of allylic oxidation sites excluding steroid dienone is 6. The van der Waals surface area contributed by atoms with Crippen LogP contribution in [0.5, 0.6) is 0 Å². The largest absolute Gasteiger partial charge is 2.00 e. The van der Waals surface area contributed by atoms with Gasteiger partial charge in [-0.3, -0.25) is 0 Å². The van der Waals surface area contributed by atoms with Gasteiger partial charge in [-0.15, -0.1) is 5.76 Å². The second-order valence-corrected chi connectivity index (χ2v) is 3.19. The van der Waals surface area contributed by atoms with Gasteiger partial charge in [0.15, 0.2) is 0 Å². The van der Waals surface area contributed by atoms with E-state index in [1.54, 1.807) is 6.92 Å². The molecule has 0 bridgehead atoms. The molecule has 0 heterocycles. The van der Waals surface area contributed by atoms with Gasteiger partial charge in [0, 0.05) is 0 Å². The van der Waals surface area contributed by atoms with Gasteiger partial charge in [0.1, 0.15) is 0 Å². The van der Waals surface area contributed by atoms with Crippen LogP contribution >= 0.6 is 0 Å². The Labute approximate surface area is 102 Å². The minimum Gasteiger partial charge on any atom is -0.875 e. The molecule has 0 saturated heterocycles. The maximum Gasteiger partial charge on any atom is 2.00 e. The van der Waals surface area contributed by atoms with Gasteiger partial charge in [-0.2, -0.15) is 17.7 Å². The second kappa shape index (κ2) is 7.22. The number of hydrogen-bond acceptors (Lipinski definition) is 1. The van der Waals surface area contributed by atoms with Crippen molar-refractivity contribution in [2.45, 2.75) is 13.8 Å². The van der Waals surface area contributed by atoms with Gasteiger partial charge in [0.25, 0.3) is 0 Å². The molecule has 1 nitrogen and oxygen atoms in total. The van der Waals surface area contributed by atoms with Crippen LogP contribution in [0.4, 0.5) is 0 Å². The molecular weight excluding hydrogens is 228 g/mol. The Morgan fingerprint density at radius 2 is 1.87 bits per heavy atom. The van der Waals surface area contributed by atoms with Crippen LogP contribution in [-0.4, -0.2) is 0 Å². The van der Waals surface area contributed by atoms with Crippen molar-refractivity contribution in [1.82, 2.24) is 0 Å². The molecule has 0 aliphatic heterocycles. The molecule has 0 aromatic heterocycles. The summed E-state index contributed by atoms with van der Waals surface area (Å²) in [5.41, 5.74) is 2.14. The van der Waals surface area contributed by atoms with Crippen LogP contribution in [0, 0.1) is 6.92 Å². The average molecular weight is 242 g/mol. The summed E-state index contributed by atoms with van der Waals surface area (Å²) in [6, 6.07) is 8.24. The summed E-state index contributed by atoms with van der Waals surface area (Å²) in [7, 11) is 0. The third-order valence-electron chi connectivity index (χ3n) is 1.90. The van der Waals surface area contributed by atoms with Crippen molar-refractivity contribution in [3.63, 3.8) is 0 Å². The van der Waals surface area contributed by atoms with Crippen LogP contribution in [0.15, 0.2) is 59.9 Å². The van der Waals surface area contributed by atoms with E-state index in [0.29, 0.717) is 0 Å². The minimum atomic E-state index is 0. The monoisotopic (exact) mass is 242 g/mol. The van der Waals surface area contributed by atoms with Crippen molar-refractivity contribution in [2.24, 2.45) is 0 Å². The normalized spacial score (nSPS) is 11.7. The fourth-order valence-corrected chi connectivity index (χ4v) is 1.08. The SMILES string of the molecule is CC([O-])=C1C=CC=C1.Cc1ccc[cH-]1.[Fe+2]. The standard InChI is InChI=1S/C7H8O.C6H7.Fe/c1-6(8)7-4-2-3-5-7;1-6-4-2-3-5-6;/h2-5,8H,1H3;2-5H,1H3;/q;-1;+2/p-1. The molecule has 1 aliphatic carbocycles. The van der Waals surface area contributed by atoms with E-state index in [0.717, 1.165) is 5.57 Å². The molecule has 0 amide bonds. The van der Waals surface area contributed by atoms with Gasteiger partial charge < -0.3 is 5.11 Å². The molecule has 0 spiro atoms. The summed E-state index contributed by atoms with van der Waals surface area (Å²) >= 11 is 0. The summed E-state index contributed by atoms with van der Waals surface area (Å²) < 4.78 is 0. The minimum absolute atomic E-state index is 0. The molecule has 1 aliphatic rings. The first-order valence-electron chi connectivity index (χ1n) is 4.61. The predicted octanol–water partition coefficient (Wildman–Crippen LogP) is 2.46. The molecule has 80 valence electrons. The Morgan fingerprint density at radius 1 is 1.27 bits per heavy atom. The van der Waals surface area contributed by atoms with Gasteiger partial charge >= 0.3 is 17.1 Å². The second-order valence-electron chi connectivity index (χ2n) is 3.19. The Hall–Kier alpha value is -1.11. The summed E-state index contributed by atoms with van der Waals surface area (Å²) in [4.78, 5) is 0. The first kappa shape index (κ1) is 13.9. The molecule has 0 fully saturated rings. The Bertz CT molecular complexity index is 338. The van der Waals surface area contributed by atoms with E-state index in [2.05, 4.69) is 19.1 Å². The fourth-order valence-electron chi connectivity index (χ4n) is 1.08. The van der Waals surface area contributed by atoms with Gasteiger partial charge in [0.2, 0.25) is 0 Å². The molecule has 1 aromatic carbocycles. The van der Waals surface area contributed by atoms with Crippen LogP contribution in [0.25, 0.3) is 0 Å². The van der Waals surface area contributed by atoms with E-state index in [1.165, 1.54) is 5.56 Å². The maximum absolute atomic E-state index is 10.5. The fraction of sp³-hybridized carbons (Fsp3) is 0.154. The van der Waals surface area contributed by atoms with Crippen LogP contribution in [-0.2, 0) is 17.1 Å². The van der Waals surface area contributed by atoms with E-state index in [-0.39, 0.29) is 22.8 Å². The predicted molar refractivity (Wildman–Crippen MR) is 57.8 cm³/mol. The van der Waals surface area contributed by atoms with Crippen molar-refractivity contribution in [2.75, 3.05) is 0 Å². The molecule has 0 N–H and O–H groups in total. The van der Waals surface area contributed by atoms with E-state index in [1.807, 2.05) is 36.4 Å². The topological polar surface area (TPSA) is 23.1 Å². The Kier molecular flexibility index (Phi) is 6.68. The molecule has 1 aromatic rings. The van der Waals surface area contributed by atoms with Crippen molar-refractivity contribution in [1.29, 1.82) is 0 Å². The third kappa shape index (κ3) is 5.36. The van der Waals surface area contributed by atoms with Crippen molar-refractivity contribution < 1.29 is 22.2 Å². The molecule has 0 radical (unpaired) electrons. The number of hydrogen-bond donors (Lipinski definition) is 0. The van der Waals surface area contributed by atoms with E-state index < -0.39 is 0 Å². The first-order chi connectivity index (χ1) is 6.70. The molecule has 2 heteroatoms.